The summed E-state index contributed by atoms with van der Waals surface area (Å²) in [6, 6.07) is 16.6. The first-order valence-corrected chi connectivity index (χ1v) is 11.2. The molecule has 2 heterocycles. The monoisotopic (exact) mass is 435 g/mol. The molecule has 7 heteroatoms. The van der Waals surface area contributed by atoms with E-state index in [1.54, 1.807) is 21.9 Å². The van der Waals surface area contributed by atoms with Gasteiger partial charge in [0.15, 0.2) is 0 Å². The molecule has 2 aromatic rings. The van der Waals surface area contributed by atoms with Gasteiger partial charge in [0, 0.05) is 31.1 Å². The van der Waals surface area contributed by atoms with Gasteiger partial charge in [-0.05, 0) is 55.5 Å². The van der Waals surface area contributed by atoms with E-state index in [4.69, 9.17) is 10.5 Å². The van der Waals surface area contributed by atoms with E-state index in [-0.39, 0.29) is 17.7 Å². The summed E-state index contributed by atoms with van der Waals surface area (Å²) in [7, 11) is 0. The summed E-state index contributed by atoms with van der Waals surface area (Å²) < 4.78 is 5.79. The van der Waals surface area contributed by atoms with Crippen LogP contribution in [0.25, 0.3) is 0 Å². The number of carbonyl (C=O) groups excluding carboxylic acids is 3. The Labute approximate surface area is 188 Å². The maximum Gasteiger partial charge on any atom is 0.253 e. The Hall–Kier alpha value is -3.35. The third-order valence-electron chi connectivity index (χ3n) is 6.35. The molecule has 168 valence electrons. The van der Waals surface area contributed by atoms with Crippen molar-refractivity contribution in [3.05, 3.63) is 65.7 Å². The van der Waals surface area contributed by atoms with Gasteiger partial charge in [-0.1, -0.05) is 30.3 Å². The number of piperidine rings is 1. The minimum absolute atomic E-state index is 0.00156. The lowest BCUT2D eigenvalue weighted by Gasteiger charge is -2.34. The number of ether oxygens (including phenoxy) is 1. The molecular weight excluding hydrogens is 406 g/mol. The average Bonchev–Trinajstić information content (AvgIpc) is 3.33. The second-order valence-electron chi connectivity index (χ2n) is 8.46. The fourth-order valence-electron chi connectivity index (χ4n) is 4.51. The standard InChI is InChI=1S/C25H29N3O4/c26-23(29)22-7-4-14-28(22)25(31)20-12-15-27(16-13-20)24(30)19-8-10-21(11-9-19)32-17-18-5-2-1-3-6-18/h1-3,5-6,8-11,20,22H,4,7,12-17H2,(H2,26,29)/t22-/m1/s1. The molecule has 0 radical (unpaired) electrons. The summed E-state index contributed by atoms with van der Waals surface area (Å²) in [5.41, 5.74) is 7.14. The van der Waals surface area contributed by atoms with E-state index >= 15 is 0 Å². The zero-order chi connectivity index (χ0) is 22.5. The summed E-state index contributed by atoms with van der Waals surface area (Å²) in [6.45, 7) is 2.11. The van der Waals surface area contributed by atoms with Crippen molar-refractivity contribution in [2.75, 3.05) is 19.6 Å². The normalized spacial score (nSPS) is 19.1. The van der Waals surface area contributed by atoms with Crippen molar-refractivity contribution < 1.29 is 19.1 Å². The van der Waals surface area contributed by atoms with Crippen molar-refractivity contribution in [1.82, 2.24) is 9.80 Å². The van der Waals surface area contributed by atoms with Gasteiger partial charge in [-0.15, -0.1) is 0 Å². The van der Waals surface area contributed by atoms with Gasteiger partial charge in [0.1, 0.15) is 18.4 Å². The van der Waals surface area contributed by atoms with Crippen LogP contribution in [-0.4, -0.2) is 53.2 Å². The highest BCUT2D eigenvalue weighted by Gasteiger charge is 2.37. The Kier molecular flexibility index (Phi) is 6.73. The van der Waals surface area contributed by atoms with Crippen LogP contribution < -0.4 is 10.5 Å². The molecule has 0 bridgehead atoms. The number of amides is 3. The van der Waals surface area contributed by atoms with E-state index < -0.39 is 11.9 Å². The van der Waals surface area contributed by atoms with Crippen LogP contribution in [0.2, 0.25) is 0 Å². The molecule has 4 rings (SSSR count). The predicted molar refractivity (Wildman–Crippen MR) is 120 cm³/mol. The third kappa shape index (κ3) is 4.93. The molecule has 7 nitrogen and oxygen atoms in total. The third-order valence-corrected chi connectivity index (χ3v) is 6.35. The Morgan fingerprint density at radius 2 is 1.59 bits per heavy atom. The van der Waals surface area contributed by atoms with Crippen LogP contribution in [0.4, 0.5) is 0 Å². The Balaban J connectivity index is 1.28. The Morgan fingerprint density at radius 3 is 2.25 bits per heavy atom. The average molecular weight is 436 g/mol. The number of hydrogen-bond donors (Lipinski definition) is 1. The maximum absolute atomic E-state index is 12.9. The smallest absolute Gasteiger partial charge is 0.253 e. The highest BCUT2D eigenvalue weighted by Crippen LogP contribution is 2.26. The Bertz CT molecular complexity index is 953. The van der Waals surface area contributed by atoms with E-state index in [1.807, 2.05) is 42.5 Å². The van der Waals surface area contributed by atoms with Crippen LogP contribution >= 0.6 is 0 Å². The fraction of sp³-hybridized carbons (Fsp3) is 0.400. The van der Waals surface area contributed by atoms with Crippen molar-refractivity contribution in [3.8, 4) is 5.75 Å². The SMILES string of the molecule is NC(=O)[C@H]1CCCN1C(=O)C1CCN(C(=O)c2ccc(OCc3ccccc3)cc2)CC1. The highest BCUT2D eigenvalue weighted by molar-refractivity contribution is 5.94. The first-order chi connectivity index (χ1) is 15.5. The molecule has 0 saturated carbocycles. The lowest BCUT2D eigenvalue weighted by atomic mass is 9.94. The molecule has 0 aromatic heterocycles. The molecule has 2 N–H and O–H groups in total. The van der Waals surface area contributed by atoms with Crippen LogP contribution in [0.3, 0.4) is 0 Å². The van der Waals surface area contributed by atoms with Crippen molar-refractivity contribution in [3.63, 3.8) is 0 Å². The second kappa shape index (κ2) is 9.85. The molecule has 0 unspecified atom stereocenters. The van der Waals surface area contributed by atoms with Crippen LogP contribution in [-0.2, 0) is 16.2 Å². The van der Waals surface area contributed by atoms with Gasteiger partial charge in [0.25, 0.3) is 5.91 Å². The van der Waals surface area contributed by atoms with Gasteiger partial charge in [0.2, 0.25) is 11.8 Å². The molecule has 2 saturated heterocycles. The van der Waals surface area contributed by atoms with E-state index in [1.165, 1.54) is 0 Å². The van der Waals surface area contributed by atoms with Crippen molar-refractivity contribution >= 4 is 17.7 Å². The molecule has 2 aliphatic rings. The number of carbonyl (C=O) groups is 3. The second-order valence-corrected chi connectivity index (χ2v) is 8.46. The zero-order valence-corrected chi connectivity index (χ0v) is 18.1. The number of benzene rings is 2. The quantitative estimate of drug-likeness (QED) is 0.755. The van der Waals surface area contributed by atoms with Crippen molar-refractivity contribution in [2.45, 2.75) is 38.3 Å². The number of rotatable bonds is 6. The molecule has 2 aliphatic heterocycles. The maximum atomic E-state index is 12.9. The number of hydrogen-bond acceptors (Lipinski definition) is 4. The first kappa shape index (κ1) is 21.9. The van der Waals surface area contributed by atoms with Gasteiger partial charge >= 0.3 is 0 Å². The number of primary amides is 1. The van der Waals surface area contributed by atoms with Gasteiger partial charge < -0.3 is 20.3 Å². The fourth-order valence-corrected chi connectivity index (χ4v) is 4.51. The molecular formula is C25H29N3O4. The molecule has 3 amide bonds. The topological polar surface area (TPSA) is 92.9 Å². The molecule has 2 fully saturated rings. The number of nitrogens with zero attached hydrogens (tertiary/aromatic N) is 2. The largest absolute Gasteiger partial charge is 0.489 e. The lowest BCUT2D eigenvalue weighted by molar-refractivity contribution is -0.141. The highest BCUT2D eigenvalue weighted by atomic mass is 16.5. The summed E-state index contributed by atoms with van der Waals surface area (Å²) in [4.78, 5) is 40.8. The zero-order valence-electron chi connectivity index (χ0n) is 18.1. The van der Waals surface area contributed by atoms with Crippen LogP contribution in [0.15, 0.2) is 54.6 Å². The van der Waals surface area contributed by atoms with Gasteiger partial charge in [-0.3, -0.25) is 14.4 Å². The molecule has 0 aliphatic carbocycles. The minimum atomic E-state index is -0.482. The number of likely N-dealkylation sites (tertiary alicyclic amines) is 2. The first-order valence-electron chi connectivity index (χ1n) is 11.2. The lowest BCUT2D eigenvalue weighted by Crippen LogP contribution is -2.49. The Morgan fingerprint density at radius 1 is 0.906 bits per heavy atom. The molecule has 2 aromatic carbocycles. The van der Waals surface area contributed by atoms with Crippen molar-refractivity contribution in [2.24, 2.45) is 11.7 Å². The summed E-state index contributed by atoms with van der Waals surface area (Å²) in [5, 5.41) is 0. The molecule has 1 atom stereocenters. The molecule has 32 heavy (non-hydrogen) atoms. The minimum Gasteiger partial charge on any atom is -0.489 e. The van der Waals surface area contributed by atoms with Crippen LogP contribution in [0.5, 0.6) is 5.75 Å². The van der Waals surface area contributed by atoms with E-state index in [0.717, 1.165) is 12.0 Å². The van der Waals surface area contributed by atoms with E-state index in [0.29, 0.717) is 56.8 Å². The van der Waals surface area contributed by atoms with E-state index in [9.17, 15) is 14.4 Å². The van der Waals surface area contributed by atoms with Gasteiger partial charge in [0.05, 0.1) is 0 Å². The van der Waals surface area contributed by atoms with Crippen LogP contribution in [0, 0.1) is 5.92 Å². The van der Waals surface area contributed by atoms with E-state index in [2.05, 4.69) is 0 Å². The molecule has 0 spiro atoms. The van der Waals surface area contributed by atoms with Gasteiger partial charge in [-0.2, -0.15) is 0 Å². The predicted octanol–water partition coefficient (Wildman–Crippen LogP) is 2.59. The summed E-state index contributed by atoms with van der Waals surface area (Å²) in [5.74, 6) is 0.0803. The van der Waals surface area contributed by atoms with Crippen LogP contribution in [0.1, 0.15) is 41.6 Å². The number of nitrogens with two attached hydrogens (primary N) is 1. The summed E-state index contributed by atoms with van der Waals surface area (Å²) in [6.07, 6.45) is 2.65. The van der Waals surface area contributed by atoms with Gasteiger partial charge in [-0.25, -0.2) is 0 Å². The van der Waals surface area contributed by atoms with Crippen molar-refractivity contribution in [1.29, 1.82) is 0 Å². The summed E-state index contributed by atoms with van der Waals surface area (Å²) >= 11 is 0.